The van der Waals surface area contributed by atoms with Gasteiger partial charge in [-0.1, -0.05) is 0 Å². The van der Waals surface area contributed by atoms with Crippen LogP contribution in [0.4, 0.5) is 0 Å². The van der Waals surface area contributed by atoms with E-state index in [4.69, 9.17) is 46.5 Å². The first kappa shape index (κ1) is 16.2. The van der Waals surface area contributed by atoms with Gasteiger partial charge in [0.1, 0.15) is 0 Å². The first-order chi connectivity index (χ1) is 6.89. The van der Waals surface area contributed by atoms with Gasteiger partial charge >= 0.3 is 14.5 Å². The molecular weight excluding hydrogens is 293 g/mol. The number of rotatable bonds is 8. The highest BCUT2D eigenvalue weighted by Crippen LogP contribution is 2.23. The van der Waals surface area contributed by atoms with Gasteiger partial charge in [0.2, 0.25) is 0 Å². The van der Waals surface area contributed by atoms with Crippen LogP contribution in [0.3, 0.4) is 0 Å². The number of halogens is 3. The van der Waals surface area contributed by atoms with Gasteiger partial charge in [-0.05, 0) is 20.8 Å². The van der Waals surface area contributed by atoms with E-state index in [2.05, 4.69) is 0 Å². The molecule has 0 N–H and O–H groups in total. The fraction of sp³-hybridized carbons (Fsp3) is 1.00. The molecule has 0 rings (SSSR count). The van der Waals surface area contributed by atoms with Crippen molar-refractivity contribution in [2.75, 3.05) is 19.8 Å². The molecular formula is C6H15BCl3O3Si2. The largest absolute Gasteiger partial charge is 0.440 e. The van der Waals surface area contributed by atoms with Crippen LogP contribution in [0, 0.1) is 0 Å². The van der Waals surface area contributed by atoms with Crippen molar-refractivity contribution in [2.45, 2.75) is 20.8 Å². The molecule has 0 aromatic rings. The summed E-state index contributed by atoms with van der Waals surface area (Å²) in [6.07, 6.45) is 0. The highest BCUT2D eigenvalue weighted by molar-refractivity contribution is 7.89. The SMILES string of the molecule is CCO[Si]([B][Si](Cl)(Cl)Cl)(OCC)OCC. The number of hydrogen-bond acceptors (Lipinski definition) is 3. The summed E-state index contributed by atoms with van der Waals surface area (Å²) in [6.45, 7) is 8.52. The second-order valence-electron chi connectivity index (χ2n) is 2.59. The van der Waals surface area contributed by atoms with Crippen molar-refractivity contribution in [3.8, 4) is 0 Å². The van der Waals surface area contributed by atoms with E-state index in [0.29, 0.717) is 19.8 Å². The third-order valence-electron chi connectivity index (χ3n) is 1.38. The quantitative estimate of drug-likeness (QED) is 0.509. The van der Waals surface area contributed by atoms with E-state index in [0.717, 1.165) is 0 Å². The maximum atomic E-state index is 5.83. The van der Waals surface area contributed by atoms with Crippen LogP contribution in [0.1, 0.15) is 20.8 Å². The molecule has 0 aromatic heterocycles. The first-order valence-electron chi connectivity index (χ1n) is 4.74. The highest BCUT2D eigenvalue weighted by Gasteiger charge is 2.50. The van der Waals surface area contributed by atoms with Gasteiger partial charge in [0, 0.05) is 19.8 Å². The van der Waals surface area contributed by atoms with E-state index in [1.807, 2.05) is 20.8 Å². The standard InChI is InChI=1S/C6H15BCl3O3Si2/c1-4-11-15(12-5-2,13-6-3)7-14(8,9)10/h4-6H2,1-3H3. The Morgan fingerprint density at radius 2 is 1.20 bits per heavy atom. The molecule has 0 spiro atoms. The average Bonchev–Trinajstić information content (AvgIpc) is 2.01. The van der Waals surface area contributed by atoms with Crippen molar-refractivity contribution in [1.29, 1.82) is 0 Å². The predicted molar refractivity (Wildman–Crippen MR) is 69.7 cm³/mol. The molecule has 0 atom stereocenters. The Balaban J connectivity index is 4.60. The van der Waals surface area contributed by atoms with Gasteiger partial charge in [-0.15, -0.1) is 33.2 Å². The van der Waals surface area contributed by atoms with Crippen molar-refractivity contribution >= 4 is 54.2 Å². The summed E-state index contributed by atoms with van der Waals surface area (Å²) in [7, 11) is -2.89. The fourth-order valence-corrected chi connectivity index (χ4v) is 8.72. The van der Waals surface area contributed by atoms with Crippen LogP contribution in [0.25, 0.3) is 0 Å². The van der Waals surface area contributed by atoms with Gasteiger partial charge in [0.25, 0.3) is 6.46 Å². The minimum Gasteiger partial charge on any atom is -0.380 e. The third-order valence-corrected chi connectivity index (χ3v) is 9.12. The van der Waals surface area contributed by atoms with Crippen molar-refractivity contribution in [3.63, 3.8) is 0 Å². The average molecular weight is 309 g/mol. The molecule has 0 fully saturated rings. The lowest BCUT2D eigenvalue weighted by atomic mass is 10.7. The van der Waals surface area contributed by atoms with E-state index in [-0.39, 0.29) is 0 Å². The normalized spacial score (nSPS) is 12.9. The van der Waals surface area contributed by atoms with Gasteiger partial charge in [-0.25, -0.2) is 0 Å². The molecule has 3 nitrogen and oxygen atoms in total. The van der Waals surface area contributed by atoms with Gasteiger partial charge < -0.3 is 13.3 Å². The van der Waals surface area contributed by atoms with E-state index >= 15 is 0 Å². The Morgan fingerprint density at radius 1 is 0.867 bits per heavy atom. The Bertz CT molecular complexity index is 164. The monoisotopic (exact) mass is 307 g/mol. The molecule has 0 saturated carbocycles. The topological polar surface area (TPSA) is 27.7 Å². The maximum Gasteiger partial charge on any atom is 0.440 e. The molecule has 0 aromatic carbocycles. The summed E-state index contributed by atoms with van der Waals surface area (Å²) < 4.78 is 16.5. The second-order valence-corrected chi connectivity index (χ2v) is 14.0. The second kappa shape index (κ2) is 7.55. The lowest BCUT2D eigenvalue weighted by molar-refractivity contribution is 0.0936. The van der Waals surface area contributed by atoms with Gasteiger partial charge in [0.05, 0.1) is 0 Å². The van der Waals surface area contributed by atoms with Crippen LogP contribution < -0.4 is 0 Å². The van der Waals surface area contributed by atoms with Crippen molar-refractivity contribution < 1.29 is 13.3 Å². The maximum absolute atomic E-state index is 5.83. The van der Waals surface area contributed by atoms with Crippen molar-refractivity contribution in [2.24, 2.45) is 0 Å². The van der Waals surface area contributed by atoms with Gasteiger partial charge in [0.15, 0.2) is 0 Å². The Morgan fingerprint density at radius 3 is 1.40 bits per heavy atom. The molecule has 0 amide bonds. The predicted octanol–water partition coefficient (Wildman–Crippen LogP) is 2.39. The van der Waals surface area contributed by atoms with E-state index in [1.54, 1.807) is 6.46 Å². The molecule has 0 aliphatic carbocycles. The van der Waals surface area contributed by atoms with E-state index in [9.17, 15) is 0 Å². The zero-order chi connectivity index (χ0) is 11.9. The first-order valence-corrected chi connectivity index (χ1v) is 11.7. The summed E-state index contributed by atoms with van der Waals surface area (Å²) in [4.78, 5) is 0. The molecule has 89 valence electrons. The molecule has 0 aliphatic rings. The van der Waals surface area contributed by atoms with Crippen LogP contribution in [0.15, 0.2) is 0 Å². The summed E-state index contributed by atoms with van der Waals surface area (Å²) in [6, 6.07) is 0. The molecule has 0 aliphatic heterocycles. The van der Waals surface area contributed by atoms with Gasteiger partial charge in [-0.3, -0.25) is 0 Å². The highest BCUT2D eigenvalue weighted by atomic mass is 35.8. The zero-order valence-corrected chi connectivity index (χ0v) is 13.3. The molecule has 0 saturated heterocycles. The smallest absolute Gasteiger partial charge is 0.380 e. The Kier molecular flexibility index (Phi) is 8.18. The van der Waals surface area contributed by atoms with E-state index < -0.39 is 14.5 Å². The van der Waals surface area contributed by atoms with Crippen molar-refractivity contribution in [1.82, 2.24) is 0 Å². The van der Waals surface area contributed by atoms with Crippen LogP contribution in [-0.4, -0.2) is 40.8 Å². The lowest BCUT2D eigenvalue weighted by Crippen LogP contribution is -2.58. The number of hydrogen-bond donors (Lipinski definition) is 0. The van der Waals surface area contributed by atoms with E-state index in [1.165, 1.54) is 0 Å². The fourth-order valence-electron chi connectivity index (χ4n) is 1.05. The molecule has 15 heavy (non-hydrogen) atoms. The summed E-state index contributed by atoms with van der Waals surface area (Å²) in [5.41, 5.74) is 0. The molecule has 0 heterocycles. The van der Waals surface area contributed by atoms with Crippen LogP contribution in [0.5, 0.6) is 0 Å². The molecule has 1 radical (unpaired) electrons. The summed E-state index contributed by atoms with van der Waals surface area (Å²) >= 11 is 17.5. The van der Waals surface area contributed by atoms with Crippen molar-refractivity contribution in [3.05, 3.63) is 0 Å². The third kappa shape index (κ3) is 7.22. The zero-order valence-electron chi connectivity index (χ0n) is 9.06. The molecule has 0 unspecified atom stereocenters. The van der Waals surface area contributed by atoms with Gasteiger partial charge in [-0.2, -0.15) is 0 Å². The van der Waals surface area contributed by atoms with Crippen LogP contribution >= 0.6 is 33.2 Å². The summed E-state index contributed by atoms with van der Waals surface area (Å²) in [5, 5.41) is 0. The lowest BCUT2D eigenvalue weighted by Gasteiger charge is -2.30. The molecule has 0 bridgehead atoms. The minimum atomic E-state index is -2.93. The molecule has 9 heteroatoms. The Hall–Kier alpha value is 1.25. The summed E-state index contributed by atoms with van der Waals surface area (Å²) in [5.74, 6) is -2.93. The Labute approximate surface area is 108 Å². The van der Waals surface area contributed by atoms with Crippen LogP contribution in [0.2, 0.25) is 0 Å². The van der Waals surface area contributed by atoms with Crippen LogP contribution in [-0.2, 0) is 13.3 Å². The minimum absolute atomic E-state index is 0.470.